The third kappa shape index (κ3) is 5.00. The molecular formula is C20H20N2O5S2. The minimum absolute atomic E-state index is 0.0659. The minimum Gasteiger partial charge on any atom is -0.450 e. The summed E-state index contributed by atoms with van der Waals surface area (Å²) in [6.45, 7) is 2.10. The zero-order valence-corrected chi connectivity index (χ0v) is 17.2. The number of pyridine rings is 1. The van der Waals surface area contributed by atoms with Gasteiger partial charge >= 0.3 is 6.16 Å². The van der Waals surface area contributed by atoms with Crippen molar-refractivity contribution in [3.8, 4) is 10.4 Å². The molecular weight excluding hydrogens is 412 g/mol. The summed E-state index contributed by atoms with van der Waals surface area (Å²) in [4.78, 5) is 13.5. The number of carbonyl (C=O) groups is 1. The molecule has 1 aliphatic carbocycles. The summed E-state index contributed by atoms with van der Waals surface area (Å²) in [6, 6.07) is 17.3. The number of sulfonamides is 1. The molecule has 2 aromatic heterocycles. The van der Waals surface area contributed by atoms with Gasteiger partial charge < -0.3 is 10.2 Å². The number of hydrogen-bond donors (Lipinski definition) is 3. The van der Waals surface area contributed by atoms with Crippen molar-refractivity contribution in [2.45, 2.75) is 29.0 Å². The van der Waals surface area contributed by atoms with Gasteiger partial charge in [0.2, 0.25) is 10.0 Å². The van der Waals surface area contributed by atoms with E-state index in [1.807, 2.05) is 36.4 Å². The molecule has 0 amide bonds. The van der Waals surface area contributed by atoms with Crippen molar-refractivity contribution in [3.05, 3.63) is 72.6 Å². The first-order valence-electron chi connectivity index (χ1n) is 8.72. The van der Waals surface area contributed by atoms with Gasteiger partial charge in [-0.2, -0.15) is 0 Å². The fourth-order valence-corrected chi connectivity index (χ4v) is 5.71. The van der Waals surface area contributed by atoms with Crippen LogP contribution in [0.3, 0.4) is 0 Å². The van der Waals surface area contributed by atoms with Crippen LogP contribution >= 0.6 is 11.3 Å². The van der Waals surface area contributed by atoms with Crippen LogP contribution in [0.1, 0.15) is 18.9 Å². The molecule has 7 nitrogen and oxygen atoms in total. The predicted molar refractivity (Wildman–Crippen MR) is 111 cm³/mol. The van der Waals surface area contributed by atoms with E-state index in [9.17, 15) is 8.42 Å². The lowest BCUT2D eigenvalue weighted by Gasteiger charge is -2.12. The maximum Gasteiger partial charge on any atom is 0.503 e. The number of benzene rings is 1. The Bertz CT molecular complexity index is 1080. The van der Waals surface area contributed by atoms with E-state index >= 15 is 0 Å². The highest BCUT2D eigenvalue weighted by Crippen LogP contribution is 2.48. The van der Waals surface area contributed by atoms with Gasteiger partial charge in [0.15, 0.2) is 0 Å². The van der Waals surface area contributed by atoms with E-state index in [1.54, 1.807) is 18.5 Å². The molecule has 9 heteroatoms. The van der Waals surface area contributed by atoms with Crippen molar-refractivity contribution < 1.29 is 23.4 Å². The van der Waals surface area contributed by atoms with Crippen molar-refractivity contribution in [1.82, 2.24) is 9.71 Å². The lowest BCUT2D eigenvalue weighted by Crippen LogP contribution is -2.29. The van der Waals surface area contributed by atoms with E-state index in [1.165, 1.54) is 16.9 Å². The average Bonchev–Trinajstić information content (AvgIpc) is 3.10. The first-order valence-corrected chi connectivity index (χ1v) is 11.0. The van der Waals surface area contributed by atoms with Crippen molar-refractivity contribution in [2.24, 2.45) is 0 Å². The molecule has 0 unspecified atom stereocenters. The minimum atomic E-state index is -3.52. The molecule has 1 saturated carbocycles. The number of hydrogen-bond acceptors (Lipinski definition) is 5. The van der Waals surface area contributed by atoms with Crippen molar-refractivity contribution in [3.63, 3.8) is 0 Å². The second-order valence-corrected chi connectivity index (χ2v) is 9.83. The quantitative estimate of drug-likeness (QED) is 0.560. The number of carboxylic acid groups (broad SMARTS) is 2. The molecule has 3 N–H and O–H groups in total. The Morgan fingerprint density at radius 1 is 1.14 bits per heavy atom. The molecule has 1 aromatic carbocycles. The Morgan fingerprint density at radius 2 is 1.83 bits per heavy atom. The number of nitrogens with zero attached hydrogens (tertiary/aromatic N) is 1. The summed E-state index contributed by atoms with van der Waals surface area (Å²) in [7, 11) is -3.52. The molecule has 1 aliphatic rings. The van der Waals surface area contributed by atoms with Crippen LogP contribution < -0.4 is 4.72 Å². The highest BCUT2D eigenvalue weighted by molar-refractivity contribution is 7.91. The molecule has 0 bridgehead atoms. The van der Waals surface area contributed by atoms with Crippen LogP contribution in [0.25, 0.3) is 10.4 Å². The van der Waals surface area contributed by atoms with Gasteiger partial charge in [0.25, 0.3) is 0 Å². The van der Waals surface area contributed by atoms with Crippen LogP contribution in [0.2, 0.25) is 0 Å². The van der Waals surface area contributed by atoms with Gasteiger partial charge in [-0.25, -0.2) is 17.9 Å². The van der Waals surface area contributed by atoms with Crippen molar-refractivity contribution >= 4 is 27.5 Å². The third-order valence-electron chi connectivity index (χ3n) is 4.76. The normalized spacial score (nSPS) is 20.4. The van der Waals surface area contributed by atoms with Crippen molar-refractivity contribution in [2.75, 3.05) is 0 Å². The molecule has 0 spiro atoms. The fourth-order valence-electron chi connectivity index (χ4n) is 3.05. The maximum absolute atomic E-state index is 12.7. The summed E-state index contributed by atoms with van der Waals surface area (Å²) < 4.78 is 28.7. The van der Waals surface area contributed by atoms with E-state index in [0.717, 1.165) is 16.9 Å². The largest absolute Gasteiger partial charge is 0.503 e. The number of thiophene rings is 1. The lowest BCUT2D eigenvalue weighted by atomic mass is 9.98. The Hall–Kier alpha value is -2.75. The highest BCUT2D eigenvalue weighted by atomic mass is 32.2. The standard InChI is InChI=1S/C19H18N2O2S2.CH2O3/c1-19(15-7-3-2-4-8-15)12-17(19)21-25(22,23)18-10-9-16(24-18)14-6-5-11-20-13-14;2-1(3)4/h2-11,13,17,21H,12H2,1H3;(H2,2,3,4)/t17-,19+;/m0./s1. The van der Waals surface area contributed by atoms with Crippen LogP contribution in [0.4, 0.5) is 4.79 Å². The van der Waals surface area contributed by atoms with Crippen LogP contribution in [-0.4, -0.2) is 35.8 Å². The molecule has 152 valence electrons. The van der Waals surface area contributed by atoms with Gasteiger partial charge in [0.05, 0.1) is 0 Å². The Balaban J connectivity index is 0.000000552. The smallest absolute Gasteiger partial charge is 0.450 e. The predicted octanol–water partition coefficient (Wildman–Crippen LogP) is 4.04. The number of aromatic nitrogens is 1. The first-order chi connectivity index (χ1) is 13.7. The van der Waals surface area contributed by atoms with E-state index in [4.69, 9.17) is 15.0 Å². The monoisotopic (exact) mass is 432 g/mol. The van der Waals surface area contributed by atoms with Gasteiger partial charge in [-0.15, -0.1) is 11.3 Å². The van der Waals surface area contributed by atoms with Crippen molar-refractivity contribution in [1.29, 1.82) is 0 Å². The Labute approximate surface area is 172 Å². The highest BCUT2D eigenvalue weighted by Gasteiger charge is 2.53. The van der Waals surface area contributed by atoms with Crippen LogP contribution in [0.15, 0.2) is 71.2 Å². The molecule has 3 aromatic rings. The molecule has 0 aliphatic heterocycles. The zero-order chi connectivity index (χ0) is 21.1. The van der Waals surface area contributed by atoms with Gasteiger partial charge in [-0.1, -0.05) is 43.3 Å². The summed E-state index contributed by atoms with van der Waals surface area (Å²) >= 11 is 1.27. The summed E-state index contributed by atoms with van der Waals surface area (Å²) in [5.74, 6) is 0. The van der Waals surface area contributed by atoms with Crippen LogP contribution in [-0.2, 0) is 15.4 Å². The number of rotatable bonds is 5. The molecule has 29 heavy (non-hydrogen) atoms. The van der Waals surface area contributed by atoms with Gasteiger partial charge in [-0.3, -0.25) is 4.98 Å². The summed E-state index contributed by atoms with van der Waals surface area (Å²) in [5.41, 5.74) is 1.97. The van der Waals surface area contributed by atoms with Gasteiger partial charge in [-0.05, 0) is 30.2 Å². The van der Waals surface area contributed by atoms with E-state index < -0.39 is 16.2 Å². The van der Waals surface area contributed by atoms with E-state index in [2.05, 4.69) is 28.8 Å². The molecule has 2 atom stereocenters. The van der Waals surface area contributed by atoms with Gasteiger partial charge in [0.1, 0.15) is 4.21 Å². The molecule has 0 saturated heterocycles. The summed E-state index contributed by atoms with van der Waals surface area (Å²) in [6.07, 6.45) is 2.42. The van der Waals surface area contributed by atoms with Crippen LogP contribution in [0, 0.1) is 0 Å². The first kappa shape index (κ1) is 21.0. The molecule has 4 rings (SSSR count). The average molecular weight is 433 g/mol. The zero-order valence-electron chi connectivity index (χ0n) is 15.5. The van der Waals surface area contributed by atoms with Crippen LogP contribution in [0.5, 0.6) is 0 Å². The SMILES string of the molecule is C[C@]1(c2ccccc2)C[C@@H]1NS(=O)(=O)c1ccc(-c2cccnc2)s1.O=C(O)O. The summed E-state index contributed by atoms with van der Waals surface area (Å²) in [5, 5.41) is 13.9. The Kier molecular flexibility index (Phi) is 6.02. The third-order valence-corrected chi connectivity index (χ3v) is 7.86. The second-order valence-electron chi connectivity index (χ2n) is 6.80. The van der Waals surface area contributed by atoms with Gasteiger partial charge in [0, 0.05) is 34.3 Å². The topological polar surface area (TPSA) is 117 Å². The van der Waals surface area contributed by atoms with E-state index in [0.29, 0.717) is 4.21 Å². The number of nitrogens with one attached hydrogen (secondary N) is 1. The molecule has 1 fully saturated rings. The molecule has 2 heterocycles. The lowest BCUT2D eigenvalue weighted by molar-refractivity contribution is 0.137. The fraction of sp³-hybridized carbons (Fsp3) is 0.200. The second kappa shape index (κ2) is 8.32. The maximum atomic E-state index is 12.7. The molecule has 0 radical (unpaired) electrons. The Morgan fingerprint density at radius 3 is 2.45 bits per heavy atom. The van der Waals surface area contributed by atoms with E-state index in [-0.39, 0.29) is 11.5 Å².